The Morgan fingerprint density at radius 3 is 2.04 bits per heavy atom. The van der Waals surface area contributed by atoms with Crippen LogP contribution in [-0.4, -0.2) is 36.0 Å². The predicted octanol–water partition coefficient (Wildman–Crippen LogP) is 1.12. The molecule has 0 aromatic heterocycles. The van der Waals surface area contributed by atoms with Crippen LogP contribution in [0.4, 0.5) is 0 Å². The molecule has 0 radical (unpaired) electrons. The van der Waals surface area contributed by atoms with Crippen molar-refractivity contribution in [3.63, 3.8) is 0 Å². The summed E-state index contributed by atoms with van der Waals surface area (Å²) < 4.78 is 53.1. The summed E-state index contributed by atoms with van der Waals surface area (Å²) in [6.45, 7) is 5.48. The van der Waals surface area contributed by atoms with Crippen LogP contribution in [0.5, 0.6) is 0 Å². The molecular weight excluding hydrogens is 374 g/mol. The first kappa shape index (κ1) is 23.3. The van der Waals surface area contributed by atoms with Crippen LogP contribution in [-0.2, 0) is 20.0 Å². The summed E-state index contributed by atoms with van der Waals surface area (Å²) in [5, 5.41) is 0. The van der Waals surface area contributed by atoms with E-state index in [9.17, 15) is 16.8 Å². The van der Waals surface area contributed by atoms with E-state index in [4.69, 9.17) is 5.73 Å². The Morgan fingerprint density at radius 1 is 1.08 bits per heavy atom. The average Bonchev–Trinajstić information content (AvgIpc) is 2.52. The number of nitrogens with one attached hydrogen (secondary N) is 2. The first-order valence-corrected chi connectivity index (χ1v) is 10.3. The smallest absolute Gasteiger partial charge is 0.240 e. The fourth-order valence-electron chi connectivity index (χ4n) is 2.02. The second-order valence-corrected chi connectivity index (χ2v) is 9.15. The molecule has 4 N–H and O–H groups in total. The molecular formula is C14H26ClN3O4S2. The van der Waals surface area contributed by atoms with Gasteiger partial charge >= 0.3 is 0 Å². The number of hydrogen-bond donors (Lipinski definition) is 3. The topological polar surface area (TPSA) is 118 Å². The van der Waals surface area contributed by atoms with Crippen LogP contribution in [0.15, 0.2) is 28.0 Å². The summed E-state index contributed by atoms with van der Waals surface area (Å²) >= 11 is 0. The average molecular weight is 400 g/mol. The second-order valence-electron chi connectivity index (χ2n) is 5.53. The van der Waals surface area contributed by atoms with Crippen molar-refractivity contribution in [1.82, 2.24) is 9.44 Å². The summed E-state index contributed by atoms with van der Waals surface area (Å²) in [5.41, 5.74) is 5.85. The summed E-state index contributed by atoms with van der Waals surface area (Å²) in [5.74, 6) is 0. The molecule has 0 aliphatic rings. The molecule has 0 unspecified atom stereocenters. The SMILES string of the molecule is CCC(N)(CC)CNS(=O)(=O)c1ccc(S(=O)(=O)NC)c(C)c1.Cl. The lowest BCUT2D eigenvalue weighted by Crippen LogP contribution is -2.49. The third-order valence-electron chi connectivity index (χ3n) is 4.04. The maximum Gasteiger partial charge on any atom is 0.240 e. The van der Waals surface area contributed by atoms with Gasteiger partial charge in [-0.05, 0) is 50.6 Å². The Balaban J connectivity index is 0.00000529. The van der Waals surface area contributed by atoms with Crippen molar-refractivity contribution in [1.29, 1.82) is 0 Å². The molecule has 0 heterocycles. The maximum atomic E-state index is 12.4. The van der Waals surface area contributed by atoms with Crippen molar-refractivity contribution in [3.05, 3.63) is 23.8 Å². The number of sulfonamides is 2. The Morgan fingerprint density at radius 2 is 1.62 bits per heavy atom. The largest absolute Gasteiger partial charge is 0.324 e. The van der Waals surface area contributed by atoms with E-state index in [2.05, 4.69) is 9.44 Å². The monoisotopic (exact) mass is 399 g/mol. The van der Waals surface area contributed by atoms with Crippen molar-refractivity contribution in [2.45, 2.75) is 48.9 Å². The van der Waals surface area contributed by atoms with Gasteiger partial charge in [0, 0.05) is 12.1 Å². The first-order chi connectivity index (χ1) is 10.5. The van der Waals surface area contributed by atoms with E-state index in [1.807, 2.05) is 13.8 Å². The van der Waals surface area contributed by atoms with Gasteiger partial charge in [-0.1, -0.05) is 13.8 Å². The molecule has 0 aliphatic carbocycles. The Hall–Kier alpha value is -0.710. The highest BCUT2D eigenvalue weighted by atomic mass is 35.5. The summed E-state index contributed by atoms with van der Waals surface area (Å²) in [6.07, 6.45) is 1.29. The standard InChI is InChI=1S/C14H25N3O4S2.ClH/c1-5-14(15,6-2)10-17-22(18,19)12-7-8-13(11(3)9-12)23(20,21)16-4;/h7-9,16-17H,5-6,10,15H2,1-4H3;1H. The second kappa shape index (κ2) is 8.59. The summed E-state index contributed by atoms with van der Waals surface area (Å²) in [4.78, 5) is 0.0637. The minimum Gasteiger partial charge on any atom is -0.324 e. The van der Waals surface area contributed by atoms with Crippen LogP contribution in [0.2, 0.25) is 0 Å². The highest BCUT2D eigenvalue weighted by molar-refractivity contribution is 7.90. The zero-order valence-corrected chi connectivity index (χ0v) is 16.7. The Bertz CT molecular complexity index is 760. The van der Waals surface area contributed by atoms with Gasteiger partial charge in [0.2, 0.25) is 20.0 Å². The van der Waals surface area contributed by atoms with Gasteiger partial charge in [0.25, 0.3) is 0 Å². The number of hydrogen-bond acceptors (Lipinski definition) is 5. The first-order valence-electron chi connectivity index (χ1n) is 7.34. The van der Waals surface area contributed by atoms with Crippen molar-refractivity contribution in [3.8, 4) is 0 Å². The van der Waals surface area contributed by atoms with Crippen LogP contribution < -0.4 is 15.2 Å². The van der Waals surface area contributed by atoms with Gasteiger partial charge in [0.05, 0.1) is 9.79 Å². The Kier molecular flexibility index (Phi) is 8.34. The molecule has 0 spiro atoms. The molecule has 0 fully saturated rings. The van der Waals surface area contributed by atoms with Crippen LogP contribution in [0.1, 0.15) is 32.3 Å². The number of benzene rings is 1. The summed E-state index contributed by atoms with van der Waals surface area (Å²) in [6, 6.07) is 3.89. The minimum atomic E-state index is -3.75. The van der Waals surface area contributed by atoms with Crippen molar-refractivity contribution >= 4 is 32.5 Å². The molecule has 24 heavy (non-hydrogen) atoms. The number of rotatable bonds is 8. The summed E-state index contributed by atoms with van der Waals surface area (Å²) in [7, 11) is -6.07. The zero-order chi connectivity index (χ0) is 17.9. The quantitative estimate of drug-likeness (QED) is 0.605. The highest BCUT2D eigenvalue weighted by Gasteiger charge is 2.25. The van der Waals surface area contributed by atoms with Crippen LogP contribution in [0.25, 0.3) is 0 Å². The van der Waals surface area contributed by atoms with Gasteiger partial charge in [-0.3, -0.25) is 0 Å². The van der Waals surface area contributed by atoms with Crippen LogP contribution in [0.3, 0.4) is 0 Å². The minimum absolute atomic E-state index is 0. The van der Waals surface area contributed by atoms with E-state index in [0.717, 1.165) is 0 Å². The molecule has 1 aromatic carbocycles. The number of halogens is 1. The van der Waals surface area contributed by atoms with Crippen molar-refractivity contribution < 1.29 is 16.8 Å². The van der Waals surface area contributed by atoms with Gasteiger partial charge in [-0.25, -0.2) is 26.3 Å². The Labute approximate surface area is 150 Å². The normalized spacial score (nSPS) is 12.7. The lowest BCUT2D eigenvalue weighted by molar-refractivity contribution is 0.392. The van der Waals surface area contributed by atoms with E-state index in [1.54, 1.807) is 6.92 Å². The molecule has 0 atom stereocenters. The van der Waals surface area contributed by atoms with Gasteiger partial charge in [0.1, 0.15) is 0 Å². The molecule has 0 amide bonds. The molecule has 1 rings (SSSR count). The van der Waals surface area contributed by atoms with Gasteiger partial charge in [0.15, 0.2) is 0 Å². The molecule has 0 aliphatic heterocycles. The molecule has 140 valence electrons. The third-order valence-corrected chi connectivity index (χ3v) is 7.01. The lowest BCUT2D eigenvalue weighted by Gasteiger charge is -2.26. The molecule has 10 heteroatoms. The molecule has 0 bridgehead atoms. The van der Waals surface area contributed by atoms with Crippen molar-refractivity contribution in [2.24, 2.45) is 5.73 Å². The fraction of sp³-hybridized carbons (Fsp3) is 0.571. The molecule has 0 saturated heterocycles. The van der Waals surface area contributed by atoms with E-state index in [0.29, 0.717) is 18.4 Å². The van der Waals surface area contributed by atoms with Crippen molar-refractivity contribution in [2.75, 3.05) is 13.6 Å². The van der Waals surface area contributed by atoms with Gasteiger partial charge < -0.3 is 5.73 Å². The molecule has 7 nitrogen and oxygen atoms in total. The van der Waals surface area contributed by atoms with Crippen LogP contribution >= 0.6 is 12.4 Å². The van der Waals surface area contributed by atoms with Gasteiger partial charge in [-0.2, -0.15) is 0 Å². The highest BCUT2D eigenvalue weighted by Crippen LogP contribution is 2.20. The maximum absolute atomic E-state index is 12.4. The number of nitrogens with two attached hydrogens (primary N) is 1. The predicted molar refractivity (Wildman–Crippen MR) is 97.4 cm³/mol. The molecule has 0 saturated carbocycles. The number of aryl methyl sites for hydroxylation is 1. The van der Waals surface area contributed by atoms with E-state index < -0.39 is 25.6 Å². The van der Waals surface area contributed by atoms with Crippen LogP contribution in [0, 0.1) is 6.92 Å². The van der Waals surface area contributed by atoms with E-state index in [1.165, 1.54) is 25.2 Å². The zero-order valence-electron chi connectivity index (χ0n) is 14.3. The lowest BCUT2D eigenvalue weighted by atomic mass is 9.95. The van der Waals surface area contributed by atoms with Gasteiger partial charge in [-0.15, -0.1) is 12.4 Å². The fourth-order valence-corrected chi connectivity index (χ4v) is 4.20. The van der Waals surface area contributed by atoms with E-state index in [-0.39, 0.29) is 28.7 Å². The van der Waals surface area contributed by atoms with E-state index >= 15 is 0 Å². The molecule has 1 aromatic rings. The third kappa shape index (κ3) is 5.40.